The van der Waals surface area contributed by atoms with Crippen LogP contribution in [0.4, 0.5) is 5.69 Å². The molecule has 3 N–H and O–H groups in total. The predicted octanol–water partition coefficient (Wildman–Crippen LogP) is 1.05. The van der Waals surface area contributed by atoms with Crippen molar-refractivity contribution in [2.24, 2.45) is 11.8 Å². The molecule has 9 heteroatoms. The number of aliphatic hydroxyl groups excluding tert-OH is 1. The maximum absolute atomic E-state index is 13.7. The van der Waals surface area contributed by atoms with Crippen molar-refractivity contribution in [1.82, 2.24) is 10.2 Å². The van der Waals surface area contributed by atoms with Crippen molar-refractivity contribution in [3.63, 3.8) is 0 Å². The number of carbonyl (C=O) groups excluding carboxylic acids is 3. The molecule has 5 rings (SSSR count). The number of imide groups is 1. The minimum Gasteiger partial charge on any atom is -0.493 e. The number of rotatable bonds is 6. The largest absolute Gasteiger partial charge is 0.493 e. The van der Waals surface area contributed by atoms with E-state index in [1.807, 2.05) is 12.1 Å². The van der Waals surface area contributed by atoms with E-state index in [2.05, 4.69) is 10.6 Å². The summed E-state index contributed by atoms with van der Waals surface area (Å²) in [7, 11) is 3.10. The molecule has 3 heterocycles. The first-order chi connectivity index (χ1) is 16.3. The molecule has 2 aromatic rings. The van der Waals surface area contributed by atoms with Gasteiger partial charge >= 0.3 is 0 Å². The lowest BCUT2D eigenvalue weighted by Gasteiger charge is -2.30. The summed E-state index contributed by atoms with van der Waals surface area (Å²) in [4.78, 5) is 41.7. The summed E-state index contributed by atoms with van der Waals surface area (Å²) in [5.74, 6) is -1.78. The number of benzene rings is 2. The molecule has 1 spiro atoms. The standard InChI is InChI=1S/C25H27N3O6/c1-13(29)21-19-20(25(27-21)15-6-4-5-7-16(15)26-24(25)32)23(31)28(22(19)30)11-10-14-8-9-17(33-2)18(12-14)34-3/h4-9,12-13,19-21,27,29H,10-11H2,1-3H3,(H,26,32)/t13-,19+,20+,21-,25+/m1/s1. The number of nitrogens with zero attached hydrogens (tertiary/aromatic N) is 1. The average Bonchev–Trinajstić information content (AvgIpc) is 3.42. The van der Waals surface area contributed by atoms with Crippen molar-refractivity contribution in [1.29, 1.82) is 0 Å². The number of likely N-dealkylation sites (tertiary alicyclic amines) is 1. The Balaban J connectivity index is 1.47. The first kappa shape index (κ1) is 22.4. The molecule has 3 aliphatic rings. The number of carbonyl (C=O) groups is 3. The van der Waals surface area contributed by atoms with Gasteiger partial charge in [-0.2, -0.15) is 0 Å². The maximum atomic E-state index is 13.7. The summed E-state index contributed by atoms with van der Waals surface area (Å²) >= 11 is 0. The summed E-state index contributed by atoms with van der Waals surface area (Å²) in [6.45, 7) is 1.72. The van der Waals surface area contributed by atoms with Gasteiger partial charge in [0.1, 0.15) is 5.54 Å². The van der Waals surface area contributed by atoms with E-state index in [0.29, 0.717) is 29.2 Å². The fourth-order valence-electron chi connectivity index (χ4n) is 5.66. The van der Waals surface area contributed by atoms with E-state index in [-0.39, 0.29) is 18.4 Å². The number of amides is 3. The summed E-state index contributed by atoms with van der Waals surface area (Å²) in [5, 5.41) is 16.5. The van der Waals surface area contributed by atoms with E-state index in [0.717, 1.165) is 5.56 Å². The number of fused-ring (bicyclic) bond motifs is 4. The van der Waals surface area contributed by atoms with Crippen LogP contribution in [0.5, 0.6) is 11.5 Å². The molecule has 34 heavy (non-hydrogen) atoms. The molecule has 2 saturated heterocycles. The highest BCUT2D eigenvalue weighted by Crippen LogP contribution is 2.53. The van der Waals surface area contributed by atoms with Crippen LogP contribution >= 0.6 is 0 Å². The van der Waals surface area contributed by atoms with E-state index in [1.165, 1.54) is 4.90 Å². The van der Waals surface area contributed by atoms with E-state index in [4.69, 9.17) is 9.47 Å². The van der Waals surface area contributed by atoms with Crippen LogP contribution in [0.25, 0.3) is 0 Å². The zero-order valence-electron chi connectivity index (χ0n) is 19.2. The number of aliphatic hydroxyl groups is 1. The Labute approximate surface area is 197 Å². The lowest BCUT2D eigenvalue weighted by atomic mass is 9.76. The Hall–Kier alpha value is -3.43. The molecule has 3 amide bonds. The quantitative estimate of drug-likeness (QED) is 0.546. The van der Waals surface area contributed by atoms with Crippen LogP contribution in [0.3, 0.4) is 0 Å². The summed E-state index contributed by atoms with van der Waals surface area (Å²) in [6, 6.07) is 11.9. The Kier molecular flexibility index (Phi) is 5.33. The summed E-state index contributed by atoms with van der Waals surface area (Å²) in [6.07, 6.45) is -0.519. The van der Waals surface area contributed by atoms with E-state index in [1.54, 1.807) is 51.5 Å². The van der Waals surface area contributed by atoms with Gasteiger partial charge in [-0.05, 0) is 37.1 Å². The van der Waals surface area contributed by atoms with E-state index < -0.39 is 35.4 Å². The maximum Gasteiger partial charge on any atom is 0.250 e. The van der Waals surface area contributed by atoms with Gasteiger partial charge in [-0.15, -0.1) is 0 Å². The minimum absolute atomic E-state index is 0.159. The van der Waals surface area contributed by atoms with Gasteiger partial charge in [0, 0.05) is 23.8 Å². The van der Waals surface area contributed by atoms with Gasteiger partial charge in [-0.1, -0.05) is 24.3 Å². The van der Waals surface area contributed by atoms with Crippen LogP contribution in [-0.2, 0) is 26.3 Å². The highest BCUT2D eigenvalue weighted by Gasteiger charge is 2.70. The Morgan fingerprint density at radius 2 is 1.79 bits per heavy atom. The number of anilines is 1. The average molecular weight is 466 g/mol. The Bertz CT molecular complexity index is 1180. The third kappa shape index (κ3) is 3.04. The Morgan fingerprint density at radius 1 is 1.06 bits per heavy atom. The van der Waals surface area contributed by atoms with Crippen LogP contribution in [-0.4, -0.2) is 60.6 Å². The van der Waals surface area contributed by atoms with E-state index >= 15 is 0 Å². The van der Waals surface area contributed by atoms with E-state index in [9.17, 15) is 19.5 Å². The van der Waals surface area contributed by atoms with Crippen molar-refractivity contribution in [2.45, 2.75) is 31.0 Å². The van der Waals surface area contributed by atoms with Gasteiger partial charge in [0.15, 0.2) is 11.5 Å². The molecular weight excluding hydrogens is 438 g/mol. The first-order valence-electron chi connectivity index (χ1n) is 11.3. The number of ether oxygens (including phenoxy) is 2. The monoisotopic (exact) mass is 465 g/mol. The molecule has 0 aromatic heterocycles. The topological polar surface area (TPSA) is 117 Å². The SMILES string of the molecule is COc1ccc(CCN2C(=O)[C@@H]3[C@@H]([C@@H](C)O)N[C@]4(C(=O)Nc5ccccc54)[C@@H]3C2=O)cc1OC. The lowest BCUT2D eigenvalue weighted by Crippen LogP contribution is -2.54. The smallest absolute Gasteiger partial charge is 0.250 e. The minimum atomic E-state index is -1.40. The predicted molar refractivity (Wildman–Crippen MR) is 122 cm³/mol. The molecule has 0 radical (unpaired) electrons. The highest BCUT2D eigenvalue weighted by molar-refractivity contribution is 6.15. The zero-order chi connectivity index (χ0) is 24.2. The summed E-state index contributed by atoms with van der Waals surface area (Å²) in [5.41, 5.74) is 0.711. The molecule has 3 aliphatic heterocycles. The van der Waals surface area contributed by atoms with Gasteiger partial charge < -0.3 is 19.9 Å². The van der Waals surface area contributed by atoms with Crippen molar-refractivity contribution < 1.29 is 29.0 Å². The molecule has 0 unspecified atom stereocenters. The van der Waals surface area contributed by atoms with Gasteiger partial charge in [0.2, 0.25) is 17.7 Å². The van der Waals surface area contributed by atoms with Crippen molar-refractivity contribution in [3.05, 3.63) is 53.6 Å². The molecule has 0 aliphatic carbocycles. The fraction of sp³-hybridized carbons (Fsp3) is 0.400. The van der Waals surface area contributed by atoms with Crippen LogP contribution in [0.1, 0.15) is 18.1 Å². The molecule has 5 atom stereocenters. The molecule has 2 aromatic carbocycles. The zero-order valence-corrected chi connectivity index (χ0v) is 19.2. The molecule has 0 bridgehead atoms. The summed E-state index contributed by atoms with van der Waals surface area (Å²) < 4.78 is 10.6. The third-order valence-corrected chi connectivity index (χ3v) is 7.24. The van der Waals surface area contributed by atoms with Crippen molar-refractivity contribution >= 4 is 23.4 Å². The Morgan fingerprint density at radius 3 is 2.50 bits per heavy atom. The number of nitrogens with one attached hydrogen (secondary N) is 2. The van der Waals surface area contributed by atoms with Gasteiger partial charge in [-0.3, -0.25) is 24.6 Å². The second kappa shape index (κ2) is 8.11. The molecule has 9 nitrogen and oxygen atoms in total. The molecule has 178 valence electrons. The number of hydrogen-bond donors (Lipinski definition) is 3. The van der Waals surface area contributed by atoms with Crippen LogP contribution in [0.2, 0.25) is 0 Å². The highest BCUT2D eigenvalue weighted by atomic mass is 16.5. The molecular formula is C25H27N3O6. The fourth-order valence-corrected chi connectivity index (χ4v) is 5.66. The second-order valence-electron chi connectivity index (χ2n) is 8.99. The lowest BCUT2D eigenvalue weighted by molar-refractivity contribution is -0.143. The van der Waals surface area contributed by atoms with Crippen molar-refractivity contribution in [2.75, 3.05) is 26.1 Å². The molecule has 0 saturated carbocycles. The number of para-hydroxylation sites is 1. The van der Waals surface area contributed by atoms with Crippen LogP contribution < -0.4 is 20.1 Å². The van der Waals surface area contributed by atoms with Crippen LogP contribution in [0.15, 0.2) is 42.5 Å². The van der Waals surface area contributed by atoms with Gasteiger partial charge in [0.05, 0.1) is 32.2 Å². The molecule has 2 fully saturated rings. The number of hydrogen-bond acceptors (Lipinski definition) is 7. The van der Waals surface area contributed by atoms with Gasteiger partial charge in [-0.25, -0.2) is 0 Å². The van der Waals surface area contributed by atoms with Gasteiger partial charge in [0.25, 0.3) is 0 Å². The van der Waals surface area contributed by atoms with Crippen molar-refractivity contribution in [3.8, 4) is 11.5 Å². The second-order valence-corrected chi connectivity index (χ2v) is 8.99. The third-order valence-electron chi connectivity index (χ3n) is 7.24. The van der Waals surface area contributed by atoms with Crippen LogP contribution in [0, 0.1) is 11.8 Å². The normalized spacial score (nSPS) is 28.2. The number of methoxy groups -OCH3 is 2. The first-order valence-corrected chi connectivity index (χ1v) is 11.3.